The molecule has 0 radical (unpaired) electrons. The molecule has 2 aromatic rings. The first-order chi connectivity index (χ1) is 18.3. The second-order valence-electron chi connectivity index (χ2n) is 9.75. The van der Waals surface area contributed by atoms with Crippen LogP contribution in [0.15, 0.2) is 59.5 Å². The van der Waals surface area contributed by atoms with Crippen LogP contribution >= 0.6 is 11.8 Å². The van der Waals surface area contributed by atoms with Gasteiger partial charge in [-0.1, -0.05) is 36.3 Å². The first-order valence-corrected chi connectivity index (χ1v) is 14.7. The summed E-state index contributed by atoms with van der Waals surface area (Å²) in [5, 5.41) is -0.451. The van der Waals surface area contributed by atoms with Gasteiger partial charge in [-0.05, 0) is 50.6 Å². The van der Waals surface area contributed by atoms with E-state index >= 15 is 0 Å². The number of rotatable bonds is 10. The molecule has 2 N–H and O–H groups in total. The zero-order valence-corrected chi connectivity index (χ0v) is 24.5. The van der Waals surface area contributed by atoms with E-state index in [-0.39, 0.29) is 37.0 Å². The number of hydrogen-bond donors (Lipinski definition) is 1. The van der Waals surface area contributed by atoms with Gasteiger partial charge in [-0.3, -0.25) is 9.59 Å². The Kier molecular flexibility index (Phi) is 9.72. The first kappa shape index (κ1) is 30.5. The lowest BCUT2D eigenvalue weighted by Gasteiger charge is -2.54. The van der Waals surface area contributed by atoms with Crippen molar-refractivity contribution in [1.29, 1.82) is 0 Å². The van der Waals surface area contributed by atoms with Gasteiger partial charge in [0.1, 0.15) is 12.4 Å². The summed E-state index contributed by atoms with van der Waals surface area (Å²) in [6.07, 6.45) is 0.0753. The van der Waals surface area contributed by atoms with Crippen molar-refractivity contribution in [3.05, 3.63) is 60.2 Å². The van der Waals surface area contributed by atoms with Crippen LogP contribution in [-0.4, -0.2) is 72.4 Å². The molecule has 9 nitrogen and oxygen atoms in total. The summed E-state index contributed by atoms with van der Waals surface area (Å²) in [5.74, 6) is 4.86. The minimum atomic E-state index is -4.34. The van der Waals surface area contributed by atoms with Crippen molar-refractivity contribution in [2.24, 2.45) is 5.73 Å². The molecule has 2 atom stereocenters. The molecule has 210 valence electrons. The number of hydrogen-bond acceptors (Lipinski definition) is 7. The Morgan fingerprint density at radius 3 is 2.33 bits per heavy atom. The lowest BCUT2D eigenvalue weighted by Crippen LogP contribution is -2.73. The van der Waals surface area contributed by atoms with Crippen molar-refractivity contribution in [3.63, 3.8) is 0 Å². The molecule has 0 saturated carbocycles. The molecule has 2 amide bonds. The predicted molar refractivity (Wildman–Crippen MR) is 151 cm³/mol. The van der Waals surface area contributed by atoms with Crippen LogP contribution < -0.4 is 10.5 Å². The third-order valence-electron chi connectivity index (χ3n) is 6.42. The Morgan fingerprint density at radius 1 is 1.13 bits per heavy atom. The van der Waals surface area contributed by atoms with Crippen molar-refractivity contribution in [3.8, 4) is 17.6 Å². The number of primary amides is 1. The summed E-state index contributed by atoms with van der Waals surface area (Å²) < 4.78 is 40.1. The summed E-state index contributed by atoms with van der Waals surface area (Å²) in [5.41, 5.74) is 4.71. The van der Waals surface area contributed by atoms with Crippen molar-refractivity contribution in [1.82, 2.24) is 9.21 Å². The normalized spacial score (nSPS) is 20.9. The molecule has 1 saturated heterocycles. The summed E-state index contributed by atoms with van der Waals surface area (Å²) in [6.45, 7) is 5.09. The van der Waals surface area contributed by atoms with Gasteiger partial charge in [0.05, 0.1) is 16.2 Å². The van der Waals surface area contributed by atoms with Gasteiger partial charge in [0.25, 0.3) is 5.91 Å². The summed E-state index contributed by atoms with van der Waals surface area (Å²) >= 11 is 1.32. The van der Waals surface area contributed by atoms with E-state index in [1.54, 1.807) is 34.9 Å². The fourth-order valence-corrected chi connectivity index (χ4v) is 8.11. The zero-order valence-electron chi connectivity index (χ0n) is 22.8. The fraction of sp³-hybridized carbons (Fsp3) is 0.429. The molecule has 11 heteroatoms. The Labute approximate surface area is 235 Å². The number of ether oxygens (including phenoxy) is 2. The highest BCUT2D eigenvalue weighted by molar-refractivity contribution is 8.01. The first-order valence-electron chi connectivity index (χ1n) is 12.4. The van der Waals surface area contributed by atoms with Crippen molar-refractivity contribution < 1.29 is 27.5 Å². The maximum Gasteiger partial charge on any atom is 0.267 e. The van der Waals surface area contributed by atoms with E-state index in [0.29, 0.717) is 5.75 Å². The predicted octanol–water partition coefficient (Wildman–Crippen LogP) is 2.85. The van der Waals surface area contributed by atoms with Gasteiger partial charge in [-0.15, -0.1) is 17.7 Å². The van der Waals surface area contributed by atoms with Crippen LogP contribution in [0.1, 0.15) is 32.8 Å². The Morgan fingerprint density at radius 2 is 1.77 bits per heavy atom. The monoisotopic (exact) mass is 573 g/mol. The highest BCUT2D eigenvalue weighted by atomic mass is 32.2. The van der Waals surface area contributed by atoms with Crippen LogP contribution in [0.3, 0.4) is 0 Å². The van der Waals surface area contributed by atoms with Crippen LogP contribution in [0.5, 0.6) is 5.75 Å². The number of sulfonamides is 1. The molecule has 0 bridgehead atoms. The molecular weight excluding hydrogens is 538 g/mol. The van der Waals surface area contributed by atoms with Crippen molar-refractivity contribution in [2.45, 2.75) is 54.4 Å². The molecule has 3 rings (SSSR count). The molecular formula is C28H35N3O6S2. The molecule has 1 aliphatic rings. The highest BCUT2D eigenvalue weighted by Gasteiger charge is 2.64. The second kappa shape index (κ2) is 12.4. The van der Waals surface area contributed by atoms with Crippen LogP contribution in [-0.2, 0) is 31.0 Å². The zero-order chi connectivity index (χ0) is 28.8. The number of carbonyl (C=O) groups excluding carboxylic acids is 2. The molecule has 1 fully saturated rings. The third kappa shape index (κ3) is 6.58. The van der Waals surface area contributed by atoms with E-state index in [9.17, 15) is 18.0 Å². The minimum absolute atomic E-state index is 0.0493. The largest absolute Gasteiger partial charge is 0.481 e. The maximum atomic E-state index is 14.2. The van der Waals surface area contributed by atoms with E-state index in [4.69, 9.17) is 15.2 Å². The van der Waals surface area contributed by atoms with E-state index < -0.39 is 31.7 Å². The SMILES string of the molecule is CC#CCOc1ccc(S(=O)(=O)N2CC(CC(=O)N(C)C)SC(C)(C)C2(OCc2ccccc2)C(N)=O)cc1. The van der Waals surface area contributed by atoms with Crippen LogP contribution in [0.25, 0.3) is 0 Å². The topological polar surface area (TPSA) is 119 Å². The lowest BCUT2D eigenvalue weighted by molar-refractivity contribution is -0.176. The van der Waals surface area contributed by atoms with Crippen molar-refractivity contribution >= 4 is 33.6 Å². The molecule has 1 aliphatic heterocycles. The van der Waals surface area contributed by atoms with Crippen LogP contribution in [0.2, 0.25) is 0 Å². The van der Waals surface area contributed by atoms with E-state index in [2.05, 4.69) is 11.8 Å². The van der Waals surface area contributed by atoms with Crippen LogP contribution in [0, 0.1) is 11.8 Å². The Balaban J connectivity index is 2.08. The quantitative estimate of drug-likeness (QED) is 0.434. The van der Waals surface area contributed by atoms with Gasteiger partial charge in [0.2, 0.25) is 21.7 Å². The number of nitrogens with zero attached hydrogens (tertiary/aromatic N) is 2. The number of thioether (sulfide) groups is 1. The Hall–Kier alpha value is -3.04. The number of benzene rings is 2. The summed E-state index contributed by atoms with van der Waals surface area (Å²) in [4.78, 5) is 27.3. The number of nitrogens with two attached hydrogens (primary N) is 1. The molecule has 0 aromatic heterocycles. The summed E-state index contributed by atoms with van der Waals surface area (Å²) in [6, 6.07) is 15.0. The van der Waals surface area contributed by atoms with E-state index in [1.165, 1.54) is 40.9 Å². The standard InChI is InChI=1S/C28H35N3O6S2/c1-6-7-17-36-22-13-15-24(16-14-22)39(34,35)31-19-23(18-25(32)30(4)5)38-27(2,3)28(31,26(29)33)37-20-21-11-9-8-10-12-21/h8-16,23H,17-20H2,1-5H3,(H2,29,33). The van der Waals surface area contributed by atoms with Gasteiger partial charge < -0.3 is 20.1 Å². The molecule has 2 aromatic carbocycles. The average Bonchev–Trinajstić information content (AvgIpc) is 2.88. The third-order valence-corrected chi connectivity index (χ3v) is 9.79. The Bertz CT molecular complexity index is 1330. The lowest BCUT2D eigenvalue weighted by atomic mass is 9.95. The molecule has 0 aliphatic carbocycles. The van der Waals surface area contributed by atoms with E-state index in [1.807, 2.05) is 30.3 Å². The average molecular weight is 574 g/mol. The molecule has 1 heterocycles. The maximum absolute atomic E-state index is 14.2. The smallest absolute Gasteiger partial charge is 0.267 e. The van der Waals surface area contributed by atoms with Crippen molar-refractivity contribution in [2.75, 3.05) is 27.2 Å². The minimum Gasteiger partial charge on any atom is -0.481 e. The van der Waals surface area contributed by atoms with Gasteiger partial charge in [-0.2, -0.15) is 4.31 Å². The van der Waals surface area contributed by atoms with Gasteiger partial charge in [0, 0.05) is 32.3 Å². The molecule has 39 heavy (non-hydrogen) atoms. The van der Waals surface area contributed by atoms with Crippen LogP contribution in [0.4, 0.5) is 0 Å². The molecule has 2 unspecified atom stereocenters. The summed E-state index contributed by atoms with van der Waals surface area (Å²) in [7, 11) is -1.05. The van der Waals surface area contributed by atoms with Gasteiger partial charge in [-0.25, -0.2) is 8.42 Å². The van der Waals surface area contributed by atoms with Gasteiger partial charge in [0.15, 0.2) is 0 Å². The second-order valence-corrected chi connectivity index (χ2v) is 13.5. The number of amides is 2. The molecule has 0 spiro atoms. The van der Waals surface area contributed by atoms with E-state index in [0.717, 1.165) is 9.87 Å². The highest BCUT2D eigenvalue weighted by Crippen LogP contribution is 2.50. The number of carbonyl (C=O) groups is 2. The fourth-order valence-electron chi connectivity index (χ4n) is 4.42. The van der Waals surface area contributed by atoms with Gasteiger partial charge >= 0.3 is 0 Å².